The maximum absolute atomic E-state index is 14.3. The number of nitrogens with two attached hydrogens (primary N) is 1. The van der Waals surface area contributed by atoms with Gasteiger partial charge in [0, 0.05) is 18.3 Å². The summed E-state index contributed by atoms with van der Waals surface area (Å²) in [5.41, 5.74) is 8.43. The van der Waals surface area contributed by atoms with E-state index in [0.29, 0.717) is 40.6 Å². The third kappa shape index (κ3) is 5.02. The molecule has 1 unspecified atom stereocenters. The first-order chi connectivity index (χ1) is 15.2. The third-order valence-corrected chi connectivity index (χ3v) is 5.35. The van der Waals surface area contributed by atoms with E-state index in [4.69, 9.17) is 15.2 Å². The maximum atomic E-state index is 14.3. The number of imidazole rings is 1. The number of ether oxygens (including phenoxy) is 2. The number of amides is 1. The molecule has 1 amide bonds. The second-order valence-corrected chi connectivity index (χ2v) is 8.42. The molecule has 7 nitrogen and oxygen atoms in total. The van der Waals surface area contributed by atoms with Crippen LogP contribution in [0.15, 0.2) is 30.5 Å². The van der Waals surface area contributed by atoms with E-state index in [2.05, 4.69) is 17.2 Å². The zero-order valence-electron chi connectivity index (χ0n) is 19.3. The Morgan fingerprint density at radius 3 is 2.75 bits per heavy atom. The zero-order valence-corrected chi connectivity index (χ0v) is 19.3. The molecule has 0 spiro atoms. The van der Waals surface area contributed by atoms with Crippen molar-refractivity contribution in [1.29, 1.82) is 0 Å². The van der Waals surface area contributed by atoms with E-state index in [1.807, 2.05) is 26.1 Å². The molecule has 3 rings (SSSR count). The molecule has 3 N–H and O–H groups in total. The van der Waals surface area contributed by atoms with Crippen molar-refractivity contribution in [2.45, 2.75) is 52.7 Å². The average molecular weight is 443 g/mol. The lowest BCUT2D eigenvalue weighted by Gasteiger charge is -2.24. The minimum atomic E-state index is -0.484. The number of fused-ring (bicyclic) bond motifs is 1. The third-order valence-electron chi connectivity index (χ3n) is 5.35. The highest BCUT2D eigenvalue weighted by Gasteiger charge is 2.23. The summed E-state index contributed by atoms with van der Waals surface area (Å²) in [5, 5.41) is 2.93. The topological polar surface area (TPSA) is 90.9 Å². The Morgan fingerprint density at radius 2 is 2.06 bits per heavy atom. The molecule has 3 aromatic rings. The minimum absolute atomic E-state index is 0.0368. The number of carbonyl (C=O) groups excluding carboxylic acids is 1. The van der Waals surface area contributed by atoms with Crippen LogP contribution in [-0.2, 0) is 6.61 Å². The molecule has 2 heterocycles. The summed E-state index contributed by atoms with van der Waals surface area (Å²) in [6.07, 6.45) is 3.56. The van der Waals surface area contributed by atoms with Crippen LogP contribution in [0.2, 0.25) is 0 Å². The van der Waals surface area contributed by atoms with Crippen LogP contribution in [0.4, 0.5) is 4.39 Å². The van der Waals surface area contributed by atoms with Crippen LogP contribution >= 0.6 is 0 Å². The normalized spacial score (nSPS) is 13.1. The van der Waals surface area contributed by atoms with Crippen LogP contribution in [0.1, 0.15) is 54.0 Å². The lowest BCUT2D eigenvalue weighted by atomic mass is 9.98. The smallest absolute Gasteiger partial charge is 0.270 e. The van der Waals surface area contributed by atoms with Gasteiger partial charge < -0.3 is 20.5 Å². The molecule has 0 saturated heterocycles. The molecular formula is C24H31FN4O3. The van der Waals surface area contributed by atoms with Gasteiger partial charge in [-0.1, -0.05) is 19.4 Å². The Balaban J connectivity index is 1.90. The highest BCUT2D eigenvalue weighted by Crippen LogP contribution is 2.28. The fraction of sp³-hybridized carbons (Fsp3) is 0.417. The fourth-order valence-electron chi connectivity index (χ4n) is 3.78. The second kappa shape index (κ2) is 9.56. The largest absolute Gasteiger partial charge is 0.496 e. The van der Waals surface area contributed by atoms with Gasteiger partial charge >= 0.3 is 0 Å². The summed E-state index contributed by atoms with van der Waals surface area (Å²) in [5.74, 6) is 0.192. The monoisotopic (exact) mass is 442 g/mol. The molecule has 0 radical (unpaired) electrons. The molecule has 0 fully saturated rings. The Labute approximate surface area is 187 Å². The van der Waals surface area contributed by atoms with Gasteiger partial charge in [-0.3, -0.25) is 9.20 Å². The van der Waals surface area contributed by atoms with E-state index in [1.165, 1.54) is 13.2 Å². The SMILES string of the molecule is CCCC(C)(N)CNC(=O)c1c(C)nc2c(OCc3c(F)cccc3OC)cc(C)cn12. The average Bonchev–Trinajstić information content (AvgIpc) is 3.06. The second-order valence-electron chi connectivity index (χ2n) is 8.42. The number of hydrogen-bond acceptors (Lipinski definition) is 5. The standard InChI is InChI=1S/C24H31FN4O3/c1-6-10-24(4,26)14-27-23(30)21-16(3)28-22-20(11-15(2)12-29(21)22)32-13-17-18(25)8-7-9-19(17)31-5/h7-9,11-12H,6,10,13-14,26H2,1-5H3,(H,27,30). The Hall–Kier alpha value is -3.13. The molecule has 8 heteroatoms. The van der Waals surface area contributed by atoms with Gasteiger partial charge in [-0.2, -0.15) is 0 Å². The number of rotatable bonds is 9. The van der Waals surface area contributed by atoms with Crippen LogP contribution < -0.4 is 20.5 Å². The van der Waals surface area contributed by atoms with Crippen molar-refractivity contribution in [2.75, 3.05) is 13.7 Å². The van der Waals surface area contributed by atoms with Gasteiger partial charge in [-0.05, 0) is 51.0 Å². The van der Waals surface area contributed by atoms with Crippen molar-refractivity contribution in [3.63, 3.8) is 0 Å². The summed E-state index contributed by atoms with van der Waals surface area (Å²) < 4.78 is 27.2. The number of hydrogen-bond donors (Lipinski definition) is 2. The number of methoxy groups -OCH3 is 1. The summed E-state index contributed by atoms with van der Waals surface area (Å²) in [6, 6.07) is 6.44. The zero-order chi connectivity index (χ0) is 23.5. The van der Waals surface area contributed by atoms with Crippen LogP contribution in [-0.4, -0.2) is 34.5 Å². The molecule has 0 aliphatic rings. The molecule has 1 aromatic carbocycles. The summed E-state index contributed by atoms with van der Waals surface area (Å²) in [7, 11) is 1.48. The Kier molecular flexibility index (Phi) is 7.03. The van der Waals surface area contributed by atoms with Gasteiger partial charge in [0.15, 0.2) is 11.4 Å². The number of pyridine rings is 1. The van der Waals surface area contributed by atoms with E-state index in [-0.39, 0.29) is 12.5 Å². The number of carbonyl (C=O) groups is 1. The lowest BCUT2D eigenvalue weighted by molar-refractivity contribution is 0.0937. The number of halogens is 1. The lowest BCUT2D eigenvalue weighted by Crippen LogP contribution is -2.47. The first-order valence-corrected chi connectivity index (χ1v) is 10.7. The van der Waals surface area contributed by atoms with Crippen molar-refractivity contribution >= 4 is 11.6 Å². The van der Waals surface area contributed by atoms with E-state index in [0.717, 1.165) is 18.4 Å². The van der Waals surface area contributed by atoms with Crippen molar-refractivity contribution in [3.8, 4) is 11.5 Å². The van der Waals surface area contributed by atoms with E-state index in [1.54, 1.807) is 23.5 Å². The number of nitrogens with one attached hydrogen (secondary N) is 1. The highest BCUT2D eigenvalue weighted by atomic mass is 19.1. The fourth-order valence-corrected chi connectivity index (χ4v) is 3.78. The van der Waals surface area contributed by atoms with Gasteiger partial charge in [-0.25, -0.2) is 9.37 Å². The molecule has 0 aliphatic carbocycles. The summed E-state index contributed by atoms with van der Waals surface area (Å²) >= 11 is 0. The van der Waals surface area contributed by atoms with Gasteiger partial charge in [-0.15, -0.1) is 0 Å². The first kappa shape index (κ1) is 23.5. The number of benzene rings is 1. The van der Waals surface area contributed by atoms with Gasteiger partial charge in [0.2, 0.25) is 0 Å². The number of aryl methyl sites for hydroxylation is 2. The van der Waals surface area contributed by atoms with E-state index < -0.39 is 11.4 Å². The Morgan fingerprint density at radius 1 is 1.31 bits per heavy atom. The van der Waals surface area contributed by atoms with Crippen molar-refractivity contribution < 1.29 is 18.7 Å². The molecule has 32 heavy (non-hydrogen) atoms. The molecule has 2 aromatic heterocycles. The van der Waals surface area contributed by atoms with Gasteiger partial charge in [0.05, 0.1) is 18.4 Å². The molecule has 1 atom stereocenters. The Bertz CT molecular complexity index is 1120. The van der Waals surface area contributed by atoms with E-state index in [9.17, 15) is 9.18 Å². The molecule has 172 valence electrons. The summed E-state index contributed by atoms with van der Waals surface area (Å²) in [4.78, 5) is 17.5. The number of nitrogens with zero attached hydrogens (tertiary/aromatic N) is 2. The van der Waals surface area contributed by atoms with Crippen LogP contribution in [0.3, 0.4) is 0 Å². The quantitative estimate of drug-likeness (QED) is 0.524. The number of aromatic nitrogens is 2. The molecule has 0 saturated carbocycles. The van der Waals surface area contributed by atoms with Crippen LogP contribution in [0.5, 0.6) is 11.5 Å². The summed E-state index contributed by atoms with van der Waals surface area (Å²) in [6.45, 7) is 7.97. The van der Waals surface area contributed by atoms with Gasteiger partial charge in [0.1, 0.15) is 23.9 Å². The first-order valence-electron chi connectivity index (χ1n) is 10.7. The molecule has 0 bridgehead atoms. The van der Waals surface area contributed by atoms with Crippen LogP contribution in [0.25, 0.3) is 5.65 Å². The highest BCUT2D eigenvalue weighted by molar-refractivity contribution is 5.95. The predicted molar refractivity (Wildman–Crippen MR) is 122 cm³/mol. The minimum Gasteiger partial charge on any atom is -0.496 e. The predicted octanol–water partition coefficient (Wildman–Crippen LogP) is 3.93. The van der Waals surface area contributed by atoms with Crippen molar-refractivity contribution in [1.82, 2.24) is 14.7 Å². The van der Waals surface area contributed by atoms with Crippen molar-refractivity contribution in [3.05, 3.63) is 58.8 Å². The van der Waals surface area contributed by atoms with Crippen molar-refractivity contribution in [2.24, 2.45) is 5.73 Å². The van der Waals surface area contributed by atoms with Crippen LogP contribution in [0, 0.1) is 19.7 Å². The molecule has 0 aliphatic heterocycles. The van der Waals surface area contributed by atoms with Gasteiger partial charge in [0.25, 0.3) is 5.91 Å². The maximum Gasteiger partial charge on any atom is 0.270 e. The molecular weight excluding hydrogens is 411 g/mol. The van der Waals surface area contributed by atoms with E-state index >= 15 is 0 Å².